The summed E-state index contributed by atoms with van der Waals surface area (Å²) < 4.78 is 4.95. The van der Waals surface area contributed by atoms with Crippen LogP contribution in [0.15, 0.2) is 30.9 Å². The maximum absolute atomic E-state index is 2.58. The van der Waals surface area contributed by atoms with E-state index in [1.54, 1.807) is 0 Å². The SMILES string of the molecule is CCCCCCCCC=CCCCCCCCCC(CCCCC(CCCCCCCCCCCCCC)CCCCCCCCCCCCCC)n1cc[n+](CC)c1. The van der Waals surface area contributed by atoms with Crippen LogP contribution in [0, 0.1) is 5.92 Å². The number of aryl methyl sites for hydroxylation is 1. The van der Waals surface area contributed by atoms with Gasteiger partial charge >= 0.3 is 0 Å². The molecule has 0 fully saturated rings. The predicted octanol–water partition coefficient (Wildman–Crippen LogP) is 20.1. The van der Waals surface area contributed by atoms with Gasteiger partial charge in [-0.25, -0.2) is 9.13 Å². The normalized spacial score (nSPS) is 12.5. The van der Waals surface area contributed by atoms with Gasteiger partial charge in [0.15, 0.2) is 0 Å². The van der Waals surface area contributed by atoms with E-state index in [0.717, 1.165) is 12.5 Å². The molecule has 0 amide bonds. The molecule has 1 atom stereocenters. The fourth-order valence-electron chi connectivity index (χ4n) is 9.68. The van der Waals surface area contributed by atoms with Crippen LogP contribution in [0.5, 0.6) is 0 Å². The van der Waals surface area contributed by atoms with E-state index < -0.39 is 0 Å². The Morgan fingerprint density at radius 2 is 0.644 bits per heavy atom. The molecule has 0 saturated carbocycles. The van der Waals surface area contributed by atoms with Gasteiger partial charge in [0.25, 0.3) is 0 Å². The van der Waals surface area contributed by atoms with Crippen molar-refractivity contribution in [3.05, 3.63) is 30.9 Å². The maximum atomic E-state index is 2.58. The summed E-state index contributed by atoms with van der Waals surface area (Å²) in [5.41, 5.74) is 0. The highest BCUT2D eigenvalue weighted by Gasteiger charge is 2.17. The molecule has 1 rings (SSSR count). The first kappa shape index (κ1) is 56.0. The van der Waals surface area contributed by atoms with Gasteiger partial charge in [-0.15, -0.1) is 0 Å². The molecule has 0 N–H and O–H groups in total. The molecule has 0 aliphatic carbocycles. The Morgan fingerprint density at radius 1 is 0.356 bits per heavy atom. The number of imidazole rings is 1. The van der Waals surface area contributed by atoms with E-state index in [4.69, 9.17) is 0 Å². The first-order valence-electron chi connectivity index (χ1n) is 28.0. The van der Waals surface area contributed by atoms with Crippen molar-refractivity contribution in [2.45, 2.75) is 329 Å². The molecule has 1 heterocycles. The Hall–Kier alpha value is -1.05. The first-order chi connectivity index (χ1) is 29.2. The van der Waals surface area contributed by atoms with E-state index in [1.807, 2.05) is 0 Å². The third kappa shape index (κ3) is 38.4. The molecule has 0 bridgehead atoms. The van der Waals surface area contributed by atoms with Gasteiger partial charge in [-0.1, -0.05) is 270 Å². The molecule has 1 aromatic heterocycles. The fourth-order valence-corrected chi connectivity index (χ4v) is 9.68. The molecule has 0 aliphatic heterocycles. The van der Waals surface area contributed by atoms with Gasteiger partial charge in [-0.05, 0) is 64.2 Å². The van der Waals surface area contributed by atoms with E-state index >= 15 is 0 Å². The van der Waals surface area contributed by atoms with Crippen LogP contribution in [0.3, 0.4) is 0 Å². The predicted molar refractivity (Wildman–Crippen MR) is 267 cm³/mol. The first-order valence-corrected chi connectivity index (χ1v) is 28.0. The van der Waals surface area contributed by atoms with Gasteiger partial charge in [0, 0.05) is 0 Å². The monoisotopic (exact) mass is 824 g/mol. The summed E-state index contributed by atoms with van der Waals surface area (Å²) in [4.78, 5) is 0. The van der Waals surface area contributed by atoms with Crippen molar-refractivity contribution >= 4 is 0 Å². The van der Waals surface area contributed by atoms with Crippen LogP contribution in [0.25, 0.3) is 0 Å². The minimum atomic E-state index is 0.686. The van der Waals surface area contributed by atoms with Crippen molar-refractivity contribution in [2.24, 2.45) is 5.92 Å². The van der Waals surface area contributed by atoms with Gasteiger partial charge in [0.05, 0.1) is 6.54 Å². The van der Waals surface area contributed by atoms with E-state index in [9.17, 15) is 0 Å². The lowest BCUT2D eigenvalue weighted by molar-refractivity contribution is -0.693. The average molecular weight is 825 g/mol. The van der Waals surface area contributed by atoms with Crippen molar-refractivity contribution in [3.8, 4) is 0 Å². The molecule has 2 nitrogen and oxygen atoms in total. The molecule has 1 unspecified atom stereocenters. The Balaban J connectivity index is 2.38. The molecule has 0 aromatic carbocycles. The van der Waals surface area contributed by atoms with E-state index in [1.165, 1.54) is 289 Å². The van der Waals surface area contributed by atoms with Crippen LogP contribution in [-0.2, 0) is 6.54 Å². The lowest BCUT2D eigenvalue weighted by Crippen LogP contribution is -2.29. The van der Waals surface area contributed by atoms with Crippen LogP contribution in [-0.4, -0.2) is 4.57 Å². The van der Waals surface area contributed by atoms with Crippen molar-refractivity contribution in [1.29, 1.82) is 0 Å². The number of rotatable bonds is 49. The summed E-state index contributed by atoms with van der Waals surface area (Å²) in [6, 6.07) is 0.686. The summed E-state index contributed by atoms with van der Waals surface area (Å²) in [6.07, 6.45) is 76.7. The minimum absolute atomic E-state index is 0.686. The molecule has 1 aromatic rings. The lowest BCUT2D eigenvalue weighted by Gasteiger charge is -2.18. The number of hydrogen-bond acceptors (Lipinski definition) is 0. The van der Waals surface area contributed by atoms with Crippen LogP contribution in [0.4, 0.5) is 0 Å². The summed E-state index contributed by atoms with van der Waals surface area (Å²) >= 11 is 0. The highest BCUT2D eigenvalue weighted by atomic mass is 15.1. The lowest BCUT2D eigenvalue weighted by atomic mass is 9.89. The Kier molecular flexibility index (Phi) is 44.1. The molecule has 2 heteroatoms. The maximum Gasteiger partial charge on any atom is 0.243 e. The Bertz CT molecular complexity index is 918. The summed E-state index contributed by atoms with van der Waals surface area (Å²) in [5, 5.41) is 0. The number of allylic oxidation sites excluding steroid dienone is 2. The zero-order valence-electron chi connectivity index (χ0n) is 41.5. The molecule has 348 valence electrons. The molecule has 59 heavy (non-hydrogen) atoms. The van der Waals surface area contributed by atoms with Crippen molar-refractivity contribution < 1.29 is 4.57 Å². The summed E-state index contributed by atoms with van der Waals surface area (Å²) in [6.45, 7) is 10.3. The zero-order valence-corrected chi connectivity index (χ0v) is 41.5. The van der Waals surface area contributed by atoms with Gasteiger partial charge in [-0.3, -0.25) is 0 Å². The Labute approximate surface area is 373 Å². The standard InChI is InChI=1S/C57H111N2/c1-5-9-12-15-18-21-24-27-28-29-30-33-36-39-42-45-51-57(59-54-53-58(8-4)55-59)52-47-46-50-56(48-43-40-37-34-31-25-22-19-16-13-10-6-2)49-44-41-38-35-32-26-23-20-17-14-11-7-3/h27-28,53-57H,5-26,29-52H2,1-4H3/q+1. The number of aromatic nitrogens is 2. The second kappa shape index (κ2) is 46.5. The third-order valence-electron chi connectivity index (χ3n) is 13.9. The average Bonchev–Trinajstić information content (AvgIpc) is 3.74. The van der Waals surface area contributed by atoms with Crippen LogP contribution in [0.2, 0.25) is 0 Å². The second-order valence-corrected chi connectivity index (χ2v) is 19.6. The van der Waals surface area contributed by atoms with Gasteiger partial charge in [-0.2, -0.15) is 0 Å². The molecule has 0 spiro atoms. The summed E-state index contributed by atoms with van der Waals surface area (Å²) in [5.74, 6) is 0.976. The van der Waals surface area contributed by atoms with Crippen molar-refractivity contribution in [1.82, 2.24) is 4.57 Å². The molecule has 0 aliphatic rings. The quantitative estimate of drug-likeness (QED) is 0.0352. The smallest absolute Gasteiger partial charge is 0.237 e. The van der Waals surface area contributed by atoms with Crippen molar-refractivity contribution in [2.75, 3.05) is 0 Å². The minimum Gasteiger partial charge on any atom is -0.237 e. The van der Waals surface area contributed by atoms with E-state index in [2.05, 4.69) is 67.7 Å². The zero-order chi connectivity index (χ0) is 42.4. The van der Waals surface area contributed by atoms with Gasteiger partial charge < -0.3 is 0 Å². The number of unbranched alkanes of at least 4 members (excludes halogenated alkanes) is 35. The fraction of sp³-hybridized carbons (Fsp3) is 0.912. The molecule has 0 saturated heterocycles. The van der Waals surface area contributed by atoms with E-state index in [-0.39, 0.29) is 0 Å². The van der Waals surface area contributed by atoms with Crippen molar-refractivity contribution in [3.63, 3.8) is 0 Å². The number of nitrogens with zero attached hydrogens (tertiary/aromatic N) is 2. The molecule has 0 radical (unpaired) electrons. The highest BCUT2D eigenvalue weighted by molar-refractivity contribution is 4.81. The molecular weight excluding hydrogens is 713 g/mol. The van der Waals surface area contributed by atoms with Crippen LogP contribution >= 0.6 is 0 Å². The van der Waals surface area contributed by atoms with E-state index in [0.29, 0.717) is 6.04 Å². The highest BCUT2D eigenvalue weighted by Crippen LogP contribution is 2.28. The number of hydrogen-bond donors (Lipinski definition) is 0. The summed E-state index contributed by atoms with van der Waals surface area (Å²) in [7, 11) is 0. The van der Waals surface area contributed by atoms with Gasteiger partial charge in [0.1, 0.15) is 18.4 Å². The Morgan fingerprint density at radius 3 is 0.983 bits per heavy atom. The third-order valence-corrected chi connectivity index (χ3v) is 13.9. The van der Waals surface area contributed by atoms with Gasteiger partial charge in [0.2, 0.25) is 6.33 Å². The molecular formula is C57H111N2+. The topological polar surface area (TPSA) is 8.81 Å². The van der Waals surface area contributed by atoms with Crippen LogP contribution < -0.4 is 4.57 Å². The second-order valence-electron chi connectivity index (χ2n) is 19.6. The largest absolute Gasteiger partial charge is 0.243 e. The van der Waals surface area contributed by atoms with Crippen LogP contribution in [0.1, 0.15) is 323 Å².